The largest absolute Gasteiger partial charge is 0.326 e. The Morgan fingerprint density at radius 1 is 1.06 bits per heavy atom. The molecule has 0 saturated heterocycles. The molecule has 4 rings (SSSR count). The fourth-order valence-corrected chi connectivity index (χ4v) is 5.77. The van der Waals surface area contributed by atoms with Gasteiger partial charge in [-0.15, -0.1) is 23.2 Å². The maximum Gasteiger partial charge on any atom is 0.248 e. The lowest BCUT2D eigenvalue weighted by molar-refractivity contribution is -0.117. The third kappa shape index (κ3) is 4.99. The molecule has 1 amide bonds. The van der Waals surface area contributed by atoms with Crippen LogP contribution in [0.15, 0.2) is 30.3 Å². The molecule has 2 aromatic carbocycles. The average Bonchev–Trinajstić information content (AvgIpc) is 3.27. The zero-order chi connectivity index (χ0) is 24.3. The number of carbonyl (C=O) groups excluding carboxylic acids is 2. The van der Waals surface area contributed by atoms with Gasteiger partial charge in [-0.2, -0.15) is 0 Å². The Hall–Kier alpha value is -1.11. The number of Topliss-reactive ketones (excluding diaryl/α,β-unsaturated/α-hetero) is 1. The minimum atomic E-state index is -2.70. The molecule has 2 saturated carbocycles. The number of amides is 1. The van der Waals surface area contributed by atoms with Crippen LogP contribution in [-0.2, 0) is 4.79 Å². The molecule has 0 aromatic heterocycles. The Balaban J connectivity index is 1.47. The number of carbonyl (C=O) groups is 2. The van der Waals surface area contributed by atoms with Crippen LogP contribution in [-0.4, -0.2) is 21.9 Å². The van der Waals surface area contributed by atoms with E-state index in [1.165, 1.54) is 12.1 Å². The summed E-state index contributed by atoms with van der Waals surface area (Å²) in [5.74, 6) is -5.12. The van der Waals surface area contributed by atoms with Gasteiger partial charge in [0.15, 0.2) is 5.78 Å². The zero-order valence-electron chi connectivity index (χ0n) is 17.2. The maximum atomic E-state index is 13.1. The van der Waals surface area contributed by atoms with Crippen LogP contribution in [0, 0.1) is 18.8 Å². The minimum absolute atomic E-state index is 0.0272. The molecule has 3 nitrogen and oxygen atoms in total. The molecule has 2 aliphatic carbocycles. The predicted molar refractivity (Wildman–Crippen MR) is 129 cm³/mol. The number of halogens is 7. The van der Waals surface area contributed by atoms with Crippen molar-refractivity contribution in [3.05, 3.63) is 62.1 Å². The summed E-state index contributed by atoms with van der Waals surface area (Å²) in [6.07, 6.45) is -0.643. The van der Waals surface area contributed by atoms with Crippen molar-refractivity contribution in [1.29, 1.82) is 0 Å². The SMILES string of the molecule is Cc1cc(C2C(C(=O)Nc3ccc(Cl)c(C(=O)CC4CC(F)(F)C4)c3)C2(Cl)Cl)cc(Cl)c1Cl. The molecule has 10 heteroatoms. The number of anilines is 1. The zero-order valence-corrected chi connectivity index (χ0v) is 21.0. The fourth-order valence-electron chi connectivity index (χ4n) is 4.34. The second-order valence-electron chi connectivity index (χ2n) is 8.70. The highest BCUT2D eigenvalue weighted by molar-refractivity contribution is 6.53. The standard InChI is InChI=1S/C23H18Cl5F2NO2/c1-10-4-12(6-16(25)20(10)26)18-19(23(18,27)28)21(33)31-13-2-3-15(24)14(7-13)17(32)5-11-8-22(29,30)9-11/h2-4,6-7,11,18-19H,5,8-9H2,1H3,(H,31,33). The van der Waals surface area contributed by atoms with Crippen molar-refractivity contribution in [1.82, 2.24) is 0 Å². The Morgan fingerprint density at radius 3 is 2.33 bits per heavy atom. The van der Waals surface area contributed by atoms with Crippen LogP contribution in [0.4, 0.5) is 14.5 Å². The smallest absolute Gasteiger partial charge is 0.248 e. The molecular formula is C23H18Cl5F2NO2. The van der Waals surface area contributed by atoms with Gasteiger partial charge in [0, 0.05) is 36.4 Å². The van der Waals surface area contributed by atoms with Crippen LogP contribution in [0.2, 0.25) is 15.1 Å². The maximum absolute atomic E-state index is 13.1. The molecule has 0 spiro atoms. The molecule has 33 heavy (non-hydrogen) atoms. The van der Waals surface area contributed by atoms with Crippen LogP contribution >= 0.6 is 58.0 Å². The van der Waals surface area contributed by atoms with E-state index in [-0.39, 0.29) is 41.5 Å². The third-order valence-corrected chi connectivity index (χ3v) is 8.28. The number of alkyl halides is 4. The number of ketones is 1. The highest BCUT2D eigenvalue weighted by Gasteiger charge is 2.67. The number of hydrogen-bond acceptors (Lipinski definition) is 2. The summed E-state index contributed by atoms with van der Waals surface area (Å²) in [4.78, 5) is 25.5. The first-order valence-corrected chi connectivity index (χ1v) is 12.0. The van der Waals surface area contributed by atoms with Crippen molar-refractivity contribution in [2.75, 3.05) is 5.32 Å². The Labute approximate surface area is 214 Å². The lowest BCUT2D eigenvalue weighted by Crippen LogP contribution is -2.36. The number of hydrogen-bond donors (Lipinski definition) is 1. The lowest BCUT2D eigenvalue weighted by Gasteiger charge is -2.34. The number of rotatable bonds is 6. The van der Waals surface area contributed by atoms with Crippen molar-refractivity contribution in [2.24, 2.45) is 11.8 Å². The van der Waals surface area contributed by atoms with Crippen LogP contribution in [0.5, 0.6) is 0 Å². The monoisotopic (exact) mass is 553 g/mol. The molecule has 0 bridgehead atoms. The molecule has 2 fully saturated rings. The molecule has 1 N–H and O–H groups in total. The summed E-state index contributed by atoms with van der Waals surface area (Å²) in [5.41, 5.74) is 1.92. The quantitative estimate of drug-likeness (QED) is 0.289. The van der Waals surface area contributed by atoms with Gasteiger partial charge in [-0.05, 0) is 48.2 Å². The van der Waals surface area contributed by atoms with E-state index in [0.717, 1.165) is 5.56 Å². The first-order valence-electron chi connectivity index (χ1n) is 10.1. The molecule has 2 aliphatic rings. The third-order valence-electron chi connectivity index (χ3n) is 6.11. The van der Waals surface area contributed by atoms with Crippen LogP contribution < -0.4 is 5.32 Å². The summed E-state index contributed by atoms with van der Waals surface area (Å²) >= 11 is 31.3. The van der Waals surface area contributed by atoms with Gasteiger partial charge < -0.3 is 5.32 Å². The van der Waals surface area contributed by atoms with Crippen molar-refractivity contribution in [3.63, 3.8) is 0 Å². The molecular weight excluding hydrogens is 538 g/mol. The van der Waals surface area contributed by atoms with E-state index in [4.69, 9.17) is 58.0 Å². The Morgan fingerprint density at radius 2 is 1.73 bits per heavy atom. The first-order chi connectivity index (χ1) is 15.3. The molecule has 2 aromatic rings. The van der Waals surface area contributed by atoms with E-state index in [2.05, 4.69) is 5.32 Å². The lowest BCUT2D eigenvalue weighted by atomic mass is 9.77. The van der Waals surface area contributed by atoms with E-state index in [1.54, 1.807) is 25.1 Å². The van der Waals surface area contributed by atoms with E-state index < -0.39 is 28.0 Å². The number of nitrogens with one attached hydrogen (secondary N) is 1. The highest BCUT2D eigenvalue weighted by atomic mass is 35.5. The van der Waals surface area contributed by atoms with E-state index in [9.17, 15) is 18.4 Å². The van der Waals surface area contributed by atoms with Crippen molar-refractivity contribution < 1.29 is 18.4 Å². The summed E-state index contributed by atoms with van der Waals surface area (Å²) < 4.78 is 24.8. The van der Waals surface area contributed by atoms with Crippen LogP contribution in [0.25, 0.3) is 0 Å². The first kappa shape index (κ1) is 25.0. The van der Waals surface area contributed by atoms with Crippen LogP contribution in [0.3, 0.4) is 0 Å². The topological polar surface area (TPSA) is 46.2 Å². The van der Waals surface area contributed by atoms with Gasteiger partial charge >= 0.3 is 0 Å². The summed E-state index contributed by atoms with van der Waals surface area (Å²) in [5, 5.41) is 3.66. The second-order valence-corrected chi connectivity index (χ2v) is 11.3. The van der Waals surface area contributed by atoms with Crippen LogP contribution in [0.1, 0.15) is 46.7 Å². The molecule has 2 atom stereocenters. The second kappa shape index (κ2) is 8.83. The van der Waals surface area contributed by atoms with E-state index in [0.29, 0.717) is 21.3 Å². The Kier molecular flexibility index (Phi) is 6.69. The van der Waals surface area contributed by atoms with Gasteiger partial charge in [0.05, 0.1) is 21.0 Å². The fraction of sp³-hybridized carbons (Fsp3) is 0.391. The minimum Gasteiger partial charge on any atom is -0.326 e. The summed E-state index contributed by atoms with van der Waals surface area (Å²) in [6, 6.07) is 7.87. The summed E-state index contributed by atoms with van der Waals surface area (Å²) in [7, 11) is 0. The van der Waals surface area contributed by atoms with Gasteiger partial charge in [0.25, 0.3) is 0 Å². The van der Waals surface area contributed by atoms with Gasteiger partial charge in [-0.3, -0.25) is 9.59 Å². The van der Waals surface area contributed by atoms with Gasteiger partial charge in [-0.1, -0.05) is 40.9 Å². The number of benzene rings is 2. The predicted octanol–water partition coefficient (Wildman–Crippen LogP) is 8.10. The summed E-state index contributed by atoms with van der Waals surface area (Å²) in [6.45, 7) is 1.79. The van der Waals surface area contributed by atoms with E-state index >= 15 is 0 Å². The van der Waals surface area contributed by atoms with Gasteiger partial charge in [0.2, 0.25) is 11.8 Å². The molecule has 0 aliphatic heterocycles. The van der Waals surface area contributed by atoms with Gasteiger partial charge in [-0.25, -0.2) is 8.78 Å². The van der Waals surface area contributed by atoms with Gasteiger partial charge in [0.1, 0.15) is 4.33 Å². The normalized spacial score (nSPS) is 23.0. The molecule has 0 heterocycles. The van der Waals surface area contributed by atoms with Crippen molar-refractivity contribution in [3.8, 4) is 0 Å². The van der Waals surface area contributed by atoms with Crippen molar-refractivity contribution >= 4 is 75.4 Å². The van der Waals surface area contributed by atoms with Crippen molar-refractivity contribution in [2.45, 2.75) is 42.4 Å². The Bertz CT molecular complexity index is 1120. The molecule has 2 unspecified atom stereocenters. The average molecular weight is 556 g/mol. The van der Waals surface area contributed by atoms with E-state index in [1.807, 2.05) is 0 Å². The molecule has 176 valence electrons. The highest BCUT2D eigenvalue weighted by Crippen LogP contribution is 2.65. The molecule has 0 radical (unpaired) electrons. The number of aryl methyl sites for hydroxylation is 1.